The van der Waals surface area contributed by atoms with Crippen molar-refractivity contribution in [2.45, 2.75) is 66.2 Å². The molecule has 0 aromatic carbocycles. The quantitative estimate of drug-likeness (QED) is 0.269. The Kier molecular flexibility index (Phi) is 10.9. The summed E-state index contributed by atoms with van der Waals surface area (Å²) >= 11 is 0. The second-order valence-electron chi connectivity index (χ2n) is 6.31. The van der Waals surface area contributed by atoms with E-state index in [9.17, 15) is 14.3 Å². The van der Waals surface area contributed by atoms with Crippen LogP contribution in [0.5, 0.6) is 0 Å². The molecule has 0 heterocycles. The zero-order chi connectivity index (χ0) is 17.9. The SMILES string of the molecule is CC(C)=CCC/C(C)=C/CC/C(C)=C/CCCP(=O)(O)C(=O)O. The monoisotopic (exact) mass is 342 g/mol. The van der Waals surface area contributed by atoms with Crippen molar-refractivity contribution in [3.8, 4) is 0 Å². The van der Waals surface area contributed by atoms with Crippen LogP contribution < -0.4 is 0 Å². The van der Waals surface area contributed by atoms with Crippen LogP contribution in [-0.2, 0) is 4.57 Å². The molecule has 0 aliphatic rings. The van der Waals surface area contributed by atoms with E-state index in [4.69, 9.17) is 5.11 Å². The number of hydrogen-bond donors (Lipinski definition) is 2. The summed E-state index contributed by atoms with van der Waals surface area (Å²) in [6, 6.07) is 0. The largest absolute Gasteiger partial charge is 0.474 e. The fourth-order valence-electron chi connectivity index (χ4n) is 2.09. The minimum Gasteiger partial charge on any atom is -0.474 e. The number of carbonyl (C=O) groups is 1. The molecule has 0 radical (unpaired) electrons. The van der Waals surface area contributed by atoms with Gasteiger partial charge in [-0.2, -0.15) is 0 Å². The highest BCUT2D eigenvalue weighted by atomic mass is 31.2. The number of allylic oxidation sites excluding steroid dienone is 6. The Morgan fingerprint density at radius 1 is 0.913 bits per heavy atom. The van der Waals surface area contributed by atoms with Gasteiger partial charge in [-0.3, -0.25) is 4.57 Å². The van der Waals surface area contributed by atoms with E-state index in [2.05, 4.69) is 32.9 Å². The Bertz CT molecular complexity index is 511. The van der Waals surface area contributed by atoms with E-state index in [1.807, 2.05) is 13.0 Å². The lowest BCUT2D eigenvalue weighted by Gasteiger charge is -2.05. The van der Waals surface area contributed by atoms with Crippen LogP contribution in [0.15, 0.2) is 34.9 Å². The van der Waals surface area contributed by atoms with Gasteiger partial charge in [0.15, 0.2) is 0 Å². The molecule has 4 nitrogen and oxygen atoms in total. The molecule has 0 amide bonds. The van der Waals surface area contributed by atoms with Crippen LogP contribution in [0, 0.1) is 0 Å². The van der Waals surface area contributed by atoms with Crippen molar-refractivity contribution < 1.29 is 19.4 Å². The Hall–Kier alpha value is -1.12. The van der Waals surface area contributed by atoms with Gasteiger partial charge in [-0.1, -0.05) is 34.9 Å². The van der Waals surface area contributed by atoms with Gasteiger partial charge >= 0.3 is 13.1 Å². The van der Waals surface area contributed by atoms with E-state index in [0.717, 1.165) is 25.7 Å². The molecule has 132 valence electrons. The van der Waals surface area contributed by atoms with Gasteiger partial charge in [0.1, 0.15) is 0 Å². The molecule has 0 aliphatic heterocycles. The average molecular weight is 342 g/mol. The van der Waals surface area contributed by atoms with E-state index in [1.54, 1.807) is 0 Å². The summed E-state index contributed by atoms with van der Waals surface area (Å²) in [5.74, 6) is 0. The fraction of sp³-hybridized carbons (Fsp3) is 0.611. The van der Waals surface area contributed by atoms with E-state index in [0.29, 0.717) is 12.8 Å². The minimum absolute atomic E-state index is 0.157. The van der Waals surface area contributed by atoms with Crippen molar-refractivity contribution in [2.75, 3.05) is 6.16 Å². The molecule has 0 saturated heterocycles. The molecule has 0 rings (SSSR count). The van der Waals surface area contributed by atoms with Gasteiger partial charge in [0, 0.05) is 6.16 Å². The normalized spacial score (nSPS) is 15.2. The minimum atomic E-state index is -4.00. The molecule has 23 heavy (non-hydrogen) atoms. The predicted molar refractivity (Wildman–Crippen MR) is 97.4 cm³/mol. The fourth-order valence-corrected chi connectivity index (χ4v) is 2.89. The molecule has 5 heteroatoms. The summed E-state index contributed by atoms with van der Waals surface area (Å²) in [4.78, 5) is 19.7. The lowest BCUT2D eigenvalue weighted by molar-refractivity contribution is 0.215. The van der Waals surface area contributed by atoms with Crippen LogP contribution in [-0.4, -0.2) is 21.9 Å². The first kappa shape index (κ1) is 21.9. The topological polar surface area (TPSA) is 74.6 Å². The van der Waals surface area contributed by atoms with Gasteiger partial charge in [-0.05, 0) is 66.2 Å². The molecule has 0 aliphatic carbocycles. The number of hydrogen-bond acceptors (Lipinski definition) is 2. The van der Waals surface area contributed by atoms with Crippen molar-refractivity contribution >= 4 is 13.1 Å². The zero-order valence-electron chi connectivity index (χ0n) is 14.8. The molecule has 0 aromatic heterocycles. The molecule has 1 unspecified atom stereocenters. The van der Waals surface area contributed by atoms with Gasteiger partial charge < -0.3 is 10.00 Å². The average Bonchev–Trinajstić information content (AvgIpc) is 2.43. The second kappa shape index (κ2) is 11.4. The van der Waals surface area contributed by atoms with E-state index in [1.165, 1.54) is 16.7 Å². The smallest absolute Gasteiger partial charge is 0.388 e. The van der Waals surface area contributed by atoms with Crippen LogP contribution >= 0.6 is 7.37 Å². The maximum Gasteiger partial charge on any atom is 0.388 e. The molecule has 0 bridgehead atoms. The van der Waals surface area contributed by atoms with Crippen molar-refractivity contribution in [1.82, 2.24) is 0 Å². The molecule has 0 saturated carbocycles. The third-order valence-electron chi connectivity index (χ3n) is 3.58. The summed E-state index contributed by atoms with van der Waals surface area (Å²) in [5, 5.41) is 8.57. The first-order chi connectivity index (χ1) is 10.6. The van der Waals surface area contributed by atoms with Crippen LogP contribution in [0.3, 0.4) is 0 Å². The molecule has 0 fully saturated rings. The summed E-state index contributed by atoms with van der Waals surface area (Å²) in [5.41, 5.74) is 2.40. The first-order valence-corrected chi connectivity index (χ1v) is 9.99. The van der Waals surface area contributed by atoms with Gasteiger partial charge in [0.25, 0.3) is 0 Å². The Balaban J connectivity index is 4.01. The summed E-state index contributed by atoms with van der Waals surface area (Å²) in [6.45, 7) is 8.42. The number of unbranched alkanes of at least 4 members (excludes halogenated alkanes) is 1. The van der Waals surface area contributed by atoms with Crippen molar-refractivity contribution in [3.05, 3.63) is 34.9 Å². The first-order valence-electron chi connectivity index (χ1n) is 8.15. The van der Waals surface area contributed by atoms with Crippen LogP contribution in [0.2, 0.25) is 0 Å². The highest BCUT2D eigenvalue weighted by molar-refractivity contribution is 7.74. The Labute approximate surface area is 140 Å². The predicted octanol–water partition coefficient (Wildman–Crippen LogP) is 6.13. The van der Waals surface area contributed by atoms with Gasteiger partial charge in [0.2, 0.25) is 0 Å². The summed E-state index contributed by atoms with van der Waals surface area (Å²) < 4.78 is 11.3. The standard InChI is InChI=1S/C18H31O4P/c1-15(2)9-7-11-17(4)13-8-12-16(3)10-5-6-14-23(21,22)18(19)20/h9-10,13H,5-8,11-12,14H2,1-4H3,(H,19,20)(H,21,22)/b16-10+,17-13+. The van der Waals surface area contributed by atoms with E-state index in [-0.39, 0.29) is 6.16 Å². The zero-order valence-corrected chi connectivity index (χ0v) is 15.7. The Morgan fingerprint density at radius 3 is 1.87 bits per heavy atom. The molecular formula is C18H31O4P. The lowest BCUT2D eigenvalue weighted by Crippen LogP contribution is -1.99. The summed E-state index contributed by atoms with van der Waals surface area (Å²) in [7, 11) is -4.00. The van der Waals surface area contributed by atoms with Gasteiger partial charge in [-0.15, -0.1) is 0 Å². The van der Waals surface area contributed by atoms with E-state index >= 15 is 0 Å². The maximum atomic E-state index is 11.3. The third-order valence-corrected chi connectivity index (χ3v) is 5.10. The van der Waals surface area contributed by atoms with E-state index < -0.39 is 13.1 Å². The molecular weight excluding hydrogens is 311 g/mol. The van der Waals surface area contributed by atoms with Crippen molar-refractivity contribution in [1.29, 1.82) is 0 Å². The van der Waals surface area contributed by atoms with Crippen LogP contribution in [0.1, 0.15) is 66.2 Å². The van der Waals surface area contributed by atoms with Gasteiger partial charge in [-0.25, -0.2) is 4.79 Å². The maximum absolute atomic E-state index is 11.3. The van der Waals surface area contributed by atoms with Gasteiger partial charge in [0.05, 0.1) is 0 Å². The molecule has 2 N–H and O–H groups in total. The Morgan fingerprint density at radius 2 is 1.39 bits per heavy atom. The second-order valence-corrected chi connectivity index (χ2v) is 8.54. The highest BCUT2D eigenvalue weighted by Crippen LogP contribution is 2.41. The number of carboxylic acid groups (broad SMARTS) is 1. The molecule has 0 spiro atoms. The van der Waals surface area contributed by atoms with Crippen molar-refractivity contribution in [2.24, 2.45) is 0 Å². The number of rotatable bonds is 11. The van der Waals surface area contributed by atoms with Crippen LogP contribution in [0.25, 0.3) is 0 Å². The highest BCUT2D eigenvalue weighted by Gasteiger charge is 2.26. The van der Waals surface area contributed by atoms with Crippen molar-refractivity contribution in [3.63, 3.8) is 0 Å². The molecule has 0 aromatic rings. The molecule has 1 atom stereocenters. The lowest BCUT2D eigenvalue weighted by atomic mass is 10.1. The third kappa shape index (κ3) is 12.0. The van der Waals surface area contributed by atoms with Crippen LogP contribution in [0.4, 0.5) is 4.79 Å². The summed E-state index contributed by atoms with van der Waals surface area (Å²) in [6.07, 6.45) is 11.6.